The molecule has 0 atom stereocenters. The minimum Gasteiger partial charge on any atom is -1.00 e. The van der Waals surface area contributed by atoms with Gasteiger partial charge in [0, 0.05) is 13.0 Å². The van der Waals surface area contributed by atoms with E-state index < -0.39 is 0 Å². The maximum atomic E-state index is 11.2. The minimum absolute atomic E-state index is 0. The van der Waals surface area contributed by atoms with Crippen LogP contribution in [0.1, 0.15) is 6.92 Å². The molecule has 100 valence electrons. The number of para-hydroxylation sites is 1. The fourth-order valence-electron chi connectivity index (χ4n) is 1.83. The molecule has 1 heterocycles. The number of carbonyl (C=O) groups is 1. The number of phenols is 1. The molecule has 6 heteroatoms. The standard InChI is InChI=1S/C13H12N2O3.ClH/c1-9(16)11(14-18)8-15-7-3-5-10-4-2-6-12(17)13(10)15;/h2-7H,8H2,1H3,(H-,16,17,18);1H. The van der Waals surface area contributed by atoms with Crippen molar-refractivity contribution in [3.05, 3.63) is 36.5 Å². The van der Waals surface area contributed by atoms with Gasteiger partial charge in [-0.1, -0.05) is 11.2 Å². The Labute approximate surface area is 116 Å². The van der Waals surface area contributed by atoms with Crippen LogP contribution in [0.5, 0.6) is 5.75 Å². The van der Waals surface area contributed by atoms with Crippen molar-refractivity contribution in [1.29, 1.82) is 0 Å². The van der Waals surface area contributed by atoms with Gasteiger partial charge in [0.05, 0.1) is 5.39 Å². The van der Waals surface area contributed by atoms with Gasteiger partial charge in [0.25, 0.3) is 5.52 Å². The summed E-state index contributed by atoms with van der Waals surface area (Å²) in [5.41, 5.74) is 0.637. The molecular formula is C13H13ClN2O3. The summed E-state index contributed by atoms with van der Waals surface area (Å²) in [6.45, 7) is 1.45. The summed E-state index contributed by atoms with van der Waals surface area (Å²) in [7, 11) is 0. The van der Waals surface area contributed by atoms with Gasteiger partial charge in [0.15, 0.2) is 30.0 Å². The van der Waals surface area contributed by atoms with Gasteiger partial charge in [-0.15, -0.1) is 0 Å². The maximum Gasteiger partial charge on any atom is 0.255 e. The smallest absolute Gasteiger partial charge is 0.255 e. The number of ketones is 1. The van der Waals surface area contributed by atoms with E-state index in [1.54, 1.807) is 29.0 Å². The average Bonchev–Trinajstić information content (AvgIpc) is 2.35. The maximum absolute atomic E-state index is 11.2. The average molecular weight is 281 g/mol. The first-order valence-corrected chi connectivity index (χ1v) is 5.45. The molecule has 0 aliphatic rings. The molecule has 0 fully saturated rings. The summed E-state index contributed by atoms with van der Waals surface area (Å²) >= 11 is 0. The highest BCUT2D eigenvalue weighted by Gasteiger charge is 2.18. The van der Waals surface area contributed by atoms with Crippen LogP contribution in [0.4, 0.5) is 0 Å². The van der Waals surface area contributed by atoms with E-state index in [1.807, 2.05) is 12.1 Å². The number of hydrogen-bond acceptors (Lipinski definition) is 4. The molecule has 2 aromatic rings. The van der Waals surface area contributed by atoms with E-state index in [0.717, 1.165) is 5.39 Å². The van der Waals surface area contributed by atoms with Gasteiger partial charge in [0.1, 0.15) is 0 Å². The summed E-state index contributed by atoms with van der Waals surface area (Å²) in [6.07, 6.45) is 1.72. The van der Waals surface area contributed by atoms with Crippen molar-refractivity contribution in [3.8, 4) is 5.75 Å². The molecule has 2 rings (SSSR count). The van der Waals surface area contributed by atoms with Gasteiger partial charge in [-0.25, -0.2) is 0 Å². The predicted octanol–water partition coefficient (Wildman–Crippen LogP) is -1.74. The quantitative estimate of drug-likeness (QED) is 0.303. The van der Waals surface area contributed by atoms with Crippen LogP contribution in [-0.2, 0) is 11.3 Å². The SMILES string of the molecule is CC(=O)C(C[n+]1cccc2cccc(O)c21)=NO.[Cl-]. The van der Waals surface area contributed by atoms with Crippen molar-refractivity contribution in [2.24, 2.45) is 5.16 Å². The van der Waals surface area contributed by atoms with Crippen molar-refractivity contribution in [1.82, 2.24) is 0 Å². The molecule has 0 unspecified atom stereocenters. The van der Waals surface area contributed by atoms with Crippen LogP contribution >= 0.6 is 0 Å². The van der Waals surface area contributed by atoms with Crippen molar-refractivity contribution >= 4 is 22.4 Å². The Morgan fingerprint density at radius 1 is 1.32 bits per heavy atom. The van der Waals surface area contributed by atoms with Gasteiger partial charge < -0.3 is 22.7 Å². The summed E-state index contributed by atoms with van der Waals surface area (Å²) in [5, 5.41) is 22.5. The molecule has 0 amide bonds. The lowest BCUT2D eigenvalue weighted by molar-refractivity contribution is -0.655. The minimum atomic E-state index is -0.308. The number of hydrogen-bond donors (Lipinski definition) is 2. The van der Waals surface area contributed by atoms with E-state index in [-0.39, 0.29) is 36.2 Å². The number of nitrogens with zero attached hydrogens (tertiary/aromatic N) is 2. The Bertz CT molecular complexity index is 636. The molecule has 1 aromatic heterocycles. The number of fused-ring (bicyclic) bond motifs is 1. The monoisotopic (exact) mass is 280 g/mol. The zero-order valence-corrected chi connectivity index (χ0v) is 11.0. The lowest BCUT2D eigenvalue weighted by Crippen LogP contribution is -3.00. The second-order valence-electron chi connectivity index (χ2n) is 3.95. The van der Waals surface area contributed by atoms with Crippen LogP contribution in [0.25, 0.3) is 10.9 Å². The Morgan fingerprint density at radius 2 is 2.00 bits per heavy atom. The summed E-state index contributed by atoms with van der Waals surface area (Å²) in [5.74, 6) is -0.189. The highest BCUT2D eigenvalue weighted by molar-refractivity contribution is 6.38. The number of aromatic nitrogens is 1. The third-order valence-electron chi connectivity index (χ3n) is 2.72. The van der Waals surface area contributed by atoms with Gasteiger partial charge in [-0.05, 0) is 18.2 Å². The number of halogens is 1. The van der Waals surface area contributed by atoms with Crippen LogP contribution in [0.2, 0.25) is 0 Å². The van der Waals surface area contributed by atoms with Crippen LogP contribution < -0.4 is 17.0 Å². The molecule has 0 saturated heterocycles. The van der Waals surface area contributed by atoms with E-state index in [2.05, 4.69) is 5.16 Å². The second kappa shape index (κ2) is 6.15. The molecule has 0 radical (unpaired) electrons. The predicted molar refractivity (Wildman–Crippen MR) is 65.7 cm³/mol. The summed E-state index contributed by atoms with van der Waals surface area (Å²) in [4.78, 5) is 11.2. The highest BCUT2D eigenvalue weighted by Crippen LogP contribution is 2.19. The first-order chi connectivity index (χ1) is 8.63. The first kappa shape index (κ1) is 14.9. The topological polar surface area (TPSA) is 73.8 Å². The fourth-order valence-corrected chi connectivity index (χ4v) is 1.83. The van der Waals surface area contributed by atoms with E-state index in [0.29, 0.717) is 5.52 Å². The first-order valence-electron chi connectivity index (χ1n) is 5.45. The van der Waals surface area contributed by atoms with Crippen LogP contribution in [0.3, 0.4) is 0 Å². The number of benzene rings is 1. The second-order valence-corrected chi connectivity index (χ2v) is 3.95. The van der Waals surface area contributed by atoms with E-state index in [4.69, 9.17) is 5.21 Å². The van der Waals surface area contributed by atoms with Crippen molar-refractivity contribution < 1.29 is 32.1 Å². The number of pyridine rings is 1. The Balaban J connectivity index is 0.00000180. The summed E-state index contributed by atoms with van der Waals surface area (Å²) in [6, 6.07) is 8.83. The number of Topliss-reactive ketones (excluding diaryl/α,β-unsaturated/α-hetero) is 1. The van der Waals surface area contributed by atoms with Gasteiger partial charge in [-0.3, -0.25) is 4.79 Å². The Kier molecular flexibility index (Phi) is 4.83. The zero-order chi connectivity index (χ0) is 13.1. The lowest BCUT2D eigenvalue weighted by atomic mass is 10.2. The molecule has 19 heavy (non-hydrogen) atoms. The van der Waals surface area contributed by atoms with Crippen LogP contribution in [0.15, 0.2) is 41.7 Å². The number of oxime groups is 1. The van der Waals surface area contributed by atoms with Crippen molar-refractivity contribution in [2.45, 2.75) is 13.5 Å². The molecular weight excluding hydrogens is 268 g/mol. The van der Waals surface area contributed by atoms with Crippen LogP contribution in [-0.4, -0.2) is 21.8 Å². The van der Waals surface area contributed by atoms with E-state index in [9.17, 15) is 9.90 Å². The van der Waals surface area contributed by atoms with E-state index in [1.165, 1.54) is 6.92 Å². The van der Waals surface area contributed by atoms with Gasteiger partial charge in [-0.2, -0.15) is 4.57 Å². The number of aromatic hydroxyl groups is 1. The Hall–Kier alpha value is -2.14. The molecule has 5 nitrogen and oxygen atoms in total. The Morgan fingerprint density at radius 3 is 2.63 bits per heavy atom. The number of rotatable bonds is 3. The molecule has 0 aliphatic carbocycles. The molecule has 0 aliphatic heterocycles. The normalized spacial score (nSPS) is 11.1. The molecule has 2 N–H and O–H groups in total. The van der Waals surface area contributed by atoms with E-state index >= 15 is 0 Å². The van der Waals surface area contributed by atoms with Gasteiger partial charge >= 0.3 is 0 Å². The lowest BCUT2D eigenvalue weighted by Gasteiger charge is -2.02. The number of phenolic OH excluding ortho intramolecular Hbond substituents is 1. The van der Waals surface area contributed by atoms with Crippen molar-refractivity contribution in [2.75, 3.05) is 0 Å². The van der Waals surface area contributed by atoms with Gasteiger partial charge in [0.2, 0.25) is 0 Å². The molecule has 1 aromatic carbocycles. The number of carbonyl (C=O) groups excluding carboxylic acids is 1. The third kappa shape index (κ3) is 3.00. The summed E-state index contributed by atoms with van der Waals surface area (Å²) < 4.78 is 1.67. The fraction of sp³-hybridized carbons (Fsp3) is 0.154. The molecule has 0 saturated carbocycles. The zero-order valence-electron chi connectivity index (χ0n) is 10.2. The van der Waals surface area contributed by atoms with Crippen molar-refractivity contribution in [3.63, 3.8) is 0 Å². The highest BCUT2D eigenvalue weighted by atomic mass is 35.5. The third-order valence-corrected chi connectivity index (χ3v) is 2.72. The molecule has 0 bridgehead atoms. The van der Waals surface area contributed by atoms with Crippen LogP contribution in [0, 0.1) is 0 Å². The molecule has 0 spiro atoms. The largest absolute Gasteiger partial charge is 1.00 e.